The van der Waals surface area contributed by atoms with Crippen LogP contribution < -0.4 is 15.1 Å². The topological polar surface area (TPSA) is 57.9 Å². The summed E-state index contributed by atoms with van der Waals surface area (Å²) in [5.74, 6) is 1.13. The third-order valence-electron chi connectivity index (χ3n) is 3.92. The number of benzene rings is 1. The van der Waals surface area contributed by atoms with Crippen molar-refractivity contribution < 1.29 is 18.6 Å². The van der Waals surface area contributed by atoms with E-state index < -0.39 is 5.63 Å². The van der Waals surface area contributed by atoms with E-state index >= 15 is 0 Å². The third-order valence-corrected chi connectivity index (χ3v) is 3.92. The van der Waals surface area contributed by atoms with Crippen molar-refractivity contribution in [2.45, 2.75) is 33.3 Å². The van der Waals surface area contributed by atoms with E-state index in [0.29, 0.717) is 23.7 Å². The van der Waals surface area contributed by atoms with Gasteiger partial charge in [0, 0.05) is 24.6 Å². The average Bonchev–Trinajstić information content (AvgIpc) is 2.60. The maximum Gasteiger partial charge on any atom is 0.336 e. The van der Waals surface area contributed by atoms with Crippen molar-refractivity contribution in [2.75, 3.05) is 20.8 Å². The molecule has 5 nitrogen and oxygen atoms in total. The predicted octanol–water partition coefficient (Wildman–Crippen LogP) is 4.50. The summed E-state index contributed by atoms with van der Waals surface area (Å²) in [4.78, 5) is 11.4. The lowest BCUT2D eigenvalue weighted by Crippen LogP contribution is -2.08. The van der Waals surface area contributed by atoms with Crippen molar-refractivity contribution in [1.29, 1.82) is 0 Å². The summed E-state index contributed by atoms with van der Waals surface area (Å²) in [6.07, 6.45) is 4.97. The molecule has 26 heavy (non-hydrogen) atoms. The molecule has 0 saturated carbocycles. The second kappa shape index (κ2) is 9.25. The van der Waals surface area contributed by atoms with Gasteiger partial charge in [-0.2, -0.15) is 0 Å². The Morgan fingerprint density at radius 1 is 1.15 bits per heavy atom. The summed E-state index contributed by atoms with van der Waals surface area (Å²) in [6.45, 7) is 6.54. The molecule has 1 unspecified atom stereocenters. The van der Waals surface area contributed by atoms with Crippen LogP contribution in [-0.4, -0.2) is 26.9 Å². The fourth-order valence-electron chi connectivity index (χ4n) is 2.60. The molecule has 0 amide bonds. The molecule has 0 N–H and O–H groups in total. The second-order valence-electron chi connectivity index (χ2n) is 6.38. The summed E-state index contributed by atoms with van der Waals surface area (Å²) in [7, 11) is 3.29. The number of ether oxygens (including phenoxy) is 3. The van der Waals surface area contributed by atoms with Crippen LogP contribution in [0, 0.1) is 0 Å². The Bertz CT molecular complexity index is 856. The van der Waals surface area contributed by atoms with Crippen molar-refractivity contribution in [1.82, 2.24) is 0 Å². The second-order valence-corrected chi connectivity index (χ2v) is 6.38. The molecule has 5 heteroatoms. The minimum absolute atomic E-state index is 0.0562. The highest BCUT2D eigenvalue weighted by Gasteiger charge is 2.09. The Morgan fingerprint density at radius 2 is 1.92 bits per heavy atom. The van der Waals surface area contributed by atoms with Crippen molar-refractivity contribution >= 4 is 11.0 Å². The minimum Gasteiger partial charge on any atom is -0.493 e. The molecule has 0 aliphatic heterocycles. The van der Waals surface area contributed by atoms with Gasteiger partial charge < -0.3 is 18.6 Å². The van der Waals surface area contributed by atoms with Crippen LogP contribution in [0.3, 0.4) is 0 Å². The van der Waals surface area contributed by atoms with E-state index in [2.05, 4.69) is 19.9 Å². The molecule has 1 aromatic carbocycles. The molecule has 1 heterocycles. The number of hydrogen-bond acceptors (Lipinski definition) is 5. The summed E-state index contributed by atoms with van der Waals surface area (Å²) < 4.78 is 21.9. The van der Waals surface area contributed by atoms with Crippen LogP contribution in [0.4, 0.5) is 0 Å². The minimum atomic E-state index is -0.394. The summed E-state index contributed by atoms with van der Waals surface area (Å²) in [5, 5.41) is 0.783. The number of fused-ring (bicyclic) bond motifs is 1. The Balaban J connectivity index is 2.10. The molecule has 0 fully saturated rings. The maximum absolute atomic E-state index is 11.4. The number of allylic oxidation sites excluding steroid dienone is 1. The van der Waals surface area contributed by atoms with Gasteiger partial charge in [0.05, 0.1) is 13.2 Å². The monoisotopic (exact) mass is 358 g/mol. The van der Waals surface area contributed by atoms with E-state index in [1.54, 1.807) is 32.4 Å². The first kappa shape index (κ1) is 19.8. The van der Waals surface area contributed by atoms with E-state index in [-0.39, 0.29) is 6.10 Å². The van der Waals surface area contributed by atoms with Gasteiger partial charge in [0.15, 0.2) is 11.5 Å². The van der Waals surface area contributed by atoms with Gasteiger partial charge in [-0.1, -0.05) is 17.2 Å². The third kappa shape index (κ3) is 5.49. The highest BCUT2D eigenvalue weighted by molar-refractivity contribution is 5.80. The first-order valence-electron chi connectivity index (χ1n) is 8.51. The lowest BCUT2D eigenvalue weighted by molar-refractivity contribution is 0.140. The van der Waals surface area contributed by atoms with Gasteiger partial charge in [0.1, 0.15) is 12.2 Å². The molecule has 0 radical (unpaired) electrons. The van der Waals surface area contributed by atoms with Crippen molar-refractivity contribution in [2.24, 2.45) is 0 Å². The normalized spacial score (nSPS) is 12.7. The van der Waals surface area contributed by atoms with Gasteiger partial charge in [-0.05, 0) is 45.4 Å². The molecular weight excluding hydrogens is 332 g/mol. The first-order chi connectivity index (χ1) is 12.4. The molecular formula is C21H26O5. The van der Waals surface area contributed by atoms with E-state index in [9.17, 15) is 4.79 Å². The SMILES string of the molecule is COc1cc2ccc(=O)oc2cc1OC/C=C(\C)CC(C=C(C)C)OC. The van der Waals surface area contributed by atoms with Gasteiger partial charge in [-0.3, -0.25) is 0 Å². The molecule has 0 aliphatic rings. The largest absolute Gasteiger partial charge is 0.493 e. The summed E-state index contributed by atoms with van der Waals surface area (Å²) in [5.41, 5.74) is 2.47. The maximum atomic E-state index is 11.4. The van der Waals surface area contributed by atoms with E-state index in [1.807, 2.05) is 13.0 Å². The van der Waals surface area contributed by atoms with Crippen LogP contribution in [0.25, 0.3) is 11.0 Å². The van der Waals surface area contributed by atoms with Gasteiger partial charge in [0.25, 0.3) is 0 Å². The molecule has 1 aromatic heterocycles. The Hall–Kier alpha value is -2.53. The number of hydrogen-bond donors (Lipinski definition) is 0. The van der Waals surface area contributed by atoms with Crippen LogP contribution in [-0.2, 0) is 4.74 Å². The summed E-state index contributed by atoms with van der Waals surface area (Å²) in [6, 6.07) is 6.55. The molecule has 0 aliphatic carbocycles. The van der Waals surface area contributed by atoms with Crippen LogP contribution in [0.2, 0.25) is 0 Å². The zero-order valence-electron chi connectivity index (χ0n) is 16.0. The molecule has 140 valence electrons. The molecule has 1 atom stereocenters. The van der Waals surface area contributed by atoms with Crippen molar-refractivity contribution in [3.05, 3.63) is 58.0 Å². The van der Waals surface area contributed by atoms with Gasteiger partial charge in [-0.25, -0.2) is 4.79 Å². The van der Waals surface area contributed by atoms with Gasteiger partial charge >= 0.3 is 5.63 Å². The van der Waals surface area contributed by atoms with Crippen molar-refractivity contribution in [3.8, 4) is 11.5 Å². The summed E-state index contributed by atoms with van der Waals surface area (Å²) >= 11 is 0. The van der Waals surface area contributed by atoms with E-state index in [4.69, 9.17) is 18.6 Å². The Morgan fingerprint density at radius 3 is 2.58 bits per heavy atom. The molecule has 0 spiro atoms. The number of rotatable bonds is 8. The van der Waals surface area contributed by atoms with Crippen molar-refractivity contribution in [3.63, 3.8) is 0 Å². The first-order valence-corrected chi connectivity index (χ1v) is 8.51. The van der Waals surface area contributed by atoms with Crippen LogP contribution in [0.5, 0.6) is 11.5 Å². The molecule has 0 bridgehead atoms. The zero-order valence-corrected chi connectivity index (χ0v) is 16.0. The fraction of sp³-hybridized carbons (Fsp3) is 0.381. The molecule has 0 saturated heterocycles. The number of methoxy groups -OCH3 is 2. The quantitative estimate of drug-likeness (QED) is 0.514. The van der Waals surface area contributed by atoms with Gasteiger partial charge in [0.2, 0.25) is 0 Å². The van der Waals surface area contributed by atoms with E-state index in [0.717, 1.165) is 11.8 Å². The fourth-order valence-corrected chi connectivity index (χ4v) is 2.60. The van der Waals surface area contributed by atoms with E-state index in [1.165, 1.54) is 17.2 Å². The van der Waals surface area contributed by atoms with Crippen LogP contribution in [0.15, 0.2) is 56.8 Å². The highest BCUT2D eigenvalue weighted by Crippen LogP contribution is 2.31. The lowest BCUT2D eigenvalue weighted by atomic mass is 10.1. The smallest absolute Gasteiger partial charge is 0.336 e. The standard InChI is InChI=1S/C21H26O5/c1-14(2)10-17(23-4)11-15(3)8-9-25-20-13-18-16(12-19(20)24-5)6-7-21(22)26-18/h6-8,10,12-13,17H,9,11H2,1-5H3/b15-8+. The lowest BCUT2D eigenvalue weighted by Gasteiger charge is -2.13. The van der Waals surface area contributed by atoms with Crippen LogP contribution in [0.1, 0.15) is 27.2 Å². The average molecular weight is 358 g/mol. The Labute approximate surface area is 153 Å². The Kier molecular flexibility index (Phi) is 7.04. The highest BCUT2D eigenvalue weighted by atomic mass is 16.5. The zero-order chi connectivity index (χ0) is 19.1. The molecule has 2 aromatic rings. The molecule has 2 rings (SSSR count). The predicted molar refractivity (Wildman–Crippen MR) is 103 cm³/mol. The van der Waals surface area contributed by atoms with Gasteiger partial charge in [-0.15, -0.1) is 0 Å². The van der Waals surface area contributed by atoms with Crippen LogP contribution >= 0.6 is 0 Å².